The third-order valence-electron chi connectivity index (χ3n) is 7.71. The Hall–Kier alpha value is -3.80. The Morgan fingerprint density at radius 3 is 2.85 bits per heavy atom. The molecule has 40 heavy (non-hydrogen) atoms. The number of nitrogens with zero attached hydrogens (tertiary/aromatic N) is 2. The van der Waals surface area contributed by atoms with Gasteiger partial charge in [-0.05, 0) is 38.0 Å². The Balaban J connectivity index is 1.27. The zero-order valence-corrected chi connectivity index (χ0v) is 23.1. The maximum atomic E-state index is 13.6. The summed E-state index contributed by atoms with van der Waals surface area (Å²) in [6.45, 7) is 8.02. The van der Waals surface area contributed by atoms with Gasteiger partial charge in [0.05, 0.1) is 24.3 Å². The second kappa shape index (κ2) is 11.0. The highest BCUT2D eigenvalue weighted by atomic mass is 32.1. The van der Waals surface area contributed by atoms with Crippen molar-refractivity contribution in [3.8, 4) is 5.75 Å². The largest absolute Gasteiger partial charge is 0.490 e. The average Bonchev–Trinajstić information content (AvgIpc) is 3.33. The van der Waals surface area contributed by atoms with E-state index < -0.39 is 0 Å². The van der Waals surface area contributed by atoms with Gasteiger partial charge in [0.2, 0.25) is 5.91 Å². The number of likely N-dealkylation sites (tertiary alicyclic amines) is 1. The fraction of sp³-hybridized carbons (Fsp3) is 0.379. The number of thiophene rings is 1. The summed E-state index contributed by atoms with van der Waals surface area (Å²) < 4.78 is 11.6. The van der Waals surface area contributed by atoms with Gasteiger partial charge in [0.1, 0.15) is 27.2 Å². The lowest BCUT2D eigenvalue weighted by molar-refractivity contribution is -0.660. The molecule has 4 amide bonds. The fourth-order valence-electron chi connectivity index (χ4n) is 5.73. The van der Waals surface area contributed by atoms with E-state index in [1.54, 1.807) is 11.1 Å². The van der Waals surface area contributed by atoms with Gasteiger partial charge >= 0.3 is 6.03 Å². The number of anilines is 1. The van der Waals surface area contributed by atoms with Gasteiger partial charge in [-0.3, -0.25) is 14.9 Å². The molecule has 3 aromatic rings. The number of ether oxygens (including phenoxy) is 2. The average molecular weight is 563 g/mol. The van der Waals surface area contributed by atoms with Crippen LogP contribution in [0.4, 0.5) is 21.9 Å². The number of carbonyl (C=O) groups excluding carboxylic acids is 3. The Morgan fingerprint density at radius 1 is 1.25 bits per heavy atom. The van der Waals surface area contributed by atoms with E-state index in [-0.39, 0.29) is 30.0 Å². The number of hydrogen-bond acceptors (Lipinski definition) is 7. The quantitative estimate of drug-likeness (QED) is 0.397. The number of pyridine rings is 1. The van der Waals surface area contributed by atoms with Gasteiger partial charge in [0, 0.05) is 55.9 Å². The second-order valence-corrected chi connectivity index (χ2v) is 11.4. The Kier molecular flexibility index (Phi) is 7.26. The highest BCUT2D eigenvalue weighted by Gasteiger charge is 2.38. The summed E-state index contributed by atoms with van der Waals surface area (Å²) in [5, 5.41) is 6.82. The first-order chi connectivity index (χ1) is 19.4. The van der Waals surface area contributed by atoms with Crippen molar-refractivity contribution in [3.63, 3.8) is 0 Å². The van der Waals surface area contributed by atoms with E-state index in [0.717, 1.165) is 53.8 Å². The summed E-state index contributed by atoms with van der Waals surface area (Å²) in [5.74, 6) is 0.353. The molecule has 0 radical (unpaired) electrons. The Labute approximate surface area is 235 Å². The Bertz CT molecular complexity index is 1500. The SMILES string of the molecule is C=CC(=O)N1CCC[C@@H](NC(=O)c2sc3nccc4c3c2NC(=O)[NH+]4c2ccc(OC3CCOCC3)cc2C)C1. The lowest BCUT2D eigenvalue weighted by Crippen LogP contribution is -3.07. The molecular formula is C29H32N5O5S+. The van der Waals surface area contributed by atoms with Gasteiger partial charge in [-0.1, -0.05) is 6.58 Å². The summed E-state index contributed by atoms with van der Waals surface area (Å²) >= 11 is 1.26. The number of rotatable bonds is 6. The van der Waals surface area contributed by atoms with Crippen LogP contribution in [0.2, 0.25) is 0 Å². The van der Waals surface area contributed by atoms with Crippen LogP contribution in [0.1, 0.15) is 40.9 Å². The smallest absolute Gasteiger partial charge is 0.429 e. The molecule has 2 atom stereocenters. The molecule has 0 aliphatic carbocycles. The number of carbonyl (C=O) groups is 3. The minimum Gasteiger partial charge on any atom is -0.490 e. The number of aryl methyl sites for hydroxylation is 1. The minimum atomic E-state index is -0.281. The van der Waals surface area contributed by atoms with Crippen LogP contribution in [-0.2, 0) is 9.53 Å². The normalized spacial score (nSPS) is 21.1. The topological polar surface area (TPSA) is 114 Å². The van der Waals surface area contributed by atoms with Crippen LogP contribution in [0.3, 0.4) is 0 Å². The molecule has 3 aliphatic heterocycles. The van der Waals surface area contributed by atoms with Crippen LogP contribution >= 0.6 is 11.3 Å². The van der Waals surface area contributed by atoms with E-state index in [4.69, 9.17) is 9.47 Å². The van der Waals surface area contributed by atoms with Gasteiger partial charge in [-0.25, -0.2) is 9.78 Å². The molecule has 0 bridgehead atoms. The highest BCUT2D eigenvalue weighted by molar-refractivity contribution is 7.21. The van der Waals surface area contributed by atoms with E-state index in [1.165, 1.54) is 17.4 Å². The van der Waals surface area contributed by atoms with Gasteiger partial charge < -0.3 is 19.7 Å². The third-order valence-corrected chi connectivity index (χ3v) is 8.81. The molecule has 6 rings (SSSR count). The molecule has 3 aliphatic rings. The number of hydrogen-bond donors (Lipinski definition) is 3. The van der Waals surface area contributed by atoms with E-state index in [2.05, 4.69) is 22.2 Å². The van der Waals surface area contributed by atoms with Gasteiger partial charge in [0.15, 0.2) is 5.69 Å². The number of aromatic nitrogens is 1. The van der Waals surface area contributed by atoms with Crippen molar-refractivity contribution in [1.82, 2.24) is 15.2 Å². The van der Waals surface area contributed by atoms with E-state index in [1.807, 2.05) is 31.2 Å². The number of benzene rings is 1. The lowest BCUT2D eigenvalue weighted by atomic mass is 10.1. The first kappa shape index (κ1) is 26.4. The highest BCUT2D eigenvalue weighted by Crippen LogP contribution is 2.40. The molecular weight excluding hydrogens is 530 g/mol. The fourth-order valence-corrected chi connectivity index (χ4v) is 6.76. The van der Waals surface area contributed by atoms with E-state index >= 15 is 0 Å². The Morgan fingerprint density at radius 2 is 2.08 bits per heavy atom. The first-order valence-corrected chi connectivity index (χ1v) is 14.4. The van der Waals surface area contributed by atoms with Crippen molar-refractivity contribution in [1.29, 1.82) is 0 Å². The number of nitrogens with one attached hydrogen (secondary N) is 3. The van der Waals surface area contributed by atoms with Crippen LogP contribution in [0.5, 0.6) is 5.75 Å². The molecule has 0 saturated carbocycles. The van der Waals surface area contributed by atoms with Crippen molar-refractivity contribution in [3.05, 3.63) is 53.6 Å². The molecule has 0 spiro atoms. The van der Waals surface area contributed by atoms with Crippen LogP contribution < -0.4 is 20.3 Å². The summed E-state index contributed by atoms with van der Waals surface area (Å²) in [6.07, 6.45) is 6.39. The van der Waals surface area contributed by atoms with Crippen LogP contribution in [0, 0.1) is 6.92 Å². The van der Waals surface area contributed by atoms with E-state index in [9.17, 15) is 14.4 Å². The zero-order valence-electron chi connectivity index (χ0n) is 22.3. The summed E-state index contributed by atoms with van der Waals surface area (Å²) in [7, 11) is 0. The maximum Gasteiger partial charge on any atom is 0.429 e. The second-order valence-electron chi connectivity index (χ2n) is 10.4. The van der Waals surface area contributed by atoms with Crippen LogP contribution in [0.15, 0.2) is 43.1 Å². The molecule has 5 heterocycles. The van der Waals surface area contributed by atoms with E-state index in [0.29, 0.717) is 46.6 Å². The first-order valence-electron chi connectivity index (χ1n) is 13.6. The number of quaternary nitrogens is 1. The molecule has 1 unspecified atom stereocenters. The van der Waals surface area contributed by atoms with Crippen LogP contribution in [-0.4, -0.2) is 66.2 Å². The zero-order chi connectivity index (χ0) is 27.8. The molecule has 2 aromatic heterocycles. The van der Waals surface area contributed by atoms with Crippen molar-refractivity contribution in [2.75, 3.05) is 31.6 Å². The predicted octanol–water partition coefficient (Wildman–Crippen LogP) is 3.46. The molecule has 2 saturated heterocycles. The third kappa shape index (κ3) is 4.96. The predicted molar refractivity (Wildman–Crippen MR) is 152 cm³/mol. The van der Waals surface area contributed by atoms with Crippen molar-refractivity contribution in [2.45, 2.75) is 44.8 Å². The number of piperidine rings is 1. The standard InChI is InChI=1S/C29H31N5O5S/c1-3-23(35)33-12-4-5-18(16-33)31-27(36)26-25-24-22(8-11-30-28(24)40-26)34(29(37)32-25)21-7-6-20(15-17(21)2)39-19-9-13-38-14-10-19/h3,6-8,11,15,18-19H,1,4-5,9-10,12-14,16H2,2H3,(H,31,36)(H,32,37)/p+1/t18-/m1/s1. The minimum absolute atomic E-state index is 0.126. The molecule has 3 N–H and O–H groups in total. The molecule has 208 valence electrons. The molecule has 11 heteroatoms. The summed E-state index contributed by atoms with van der Waals surface area (Å²) in [6, 6.07) is 7.18. The molecule has 1 aromatic carbocycles. The summed E-state index contributed by atoms with van der Waals surface area (Å²) in [5.41, 5.74) is 2.97. The van der Waals surface area contributed by atoms with Crippen molar-refractivity contribution in [2.24, 2.45) is 0 Å². The van der Waals surface area contributed by atoms with Gasteiger partial charge in [-0.15, -0.1) is 11.3 Å². The molecule has 2 fully saturated rings. The lowest BCUT2D eigenvalue weighted by Gasteiger charge is -2.32. The molecule has 10 nitrogen and oxygen atoms in total. The summed E-state index contributed by atoms with van der Waals surface area (Å²) in [4.78, 5) is 46.9. The van der Waals surface area contributed by atoms with Crippen molar-refractivity contribution >= 4 is 56.5 Å². The monoisotopic (exact) mass is 562 g/mol. The van der Waals surface area contributed by atoms with Crippen molar-refractivity contribution < 1.29 is 28.8 Å². The van der Waals surface area contributed by atoms with Gasteiger partial charge in [-0.2, -0.15) is 4.90 Å². The maximum absolute atomic E-state index is 13.6. The van der Waals surface area contributed by atoms with Gasteiger partial charge in [0.25, 0.3) is 5.91 Å². The van der Waals surface area contributed by atoms with Crippen LogP contribution in [0.25, 0.3) is 10.2 Å². The number of urea groups is 1. The number of amides is 4.